The highest BCUT2D eigenvalue weighted by atomic mass is 16.3. The zero-order valence-corrected chi connectivity index (χ0v) is 17.2. The van der Waals surface area contributed by atoms with Crippen molar-refractivity contribution in [3.8, 4) is 0 Å². The van der Waals surface area contributed by atoms with Gasteiger partial charge < -0.3 is 10.2 Å². The first kappa shape index (κ1) is 20.3. The van der Waals surface area contributed by atoms with Crippen molar-refractivity contribution in [3.63, 3.8) is 0 Å². The molecule has 0 fully saturated rings. The Bertz CT molecular complexity index is 1100. The van der Waals surface area contributed by atoms with Crippen LogP contribution in [0.5, 0.6) is 0 Å². The lowest BCUT2D eigenvalue weighted by Crippen LogP contribution is -2.28. The molecule has 0 aromatic heterocycles. The molecule has 0 saturated carbocycles. The predicted molar refractivity (Wildman–Crippen MR) is 121 cm³/mol. The number of hydrogen-bond donors (Lipinski definition) is 2. The normalized spacial score (nSPS) is 15.6. The van der Waals surface area contributed by atoms with E-state index in [2.05, 4.69) is 0 Å². The van der Waals surface area contributed by atoms with Gasteiger partial charge in [-0.2, -0.15) is 0 Å². The molecule has 2 N–H and O–H groups in total. The molecule has 4 rings (SSSR count). The van der Waals surface area contributed by atoms with Crippen LogP contribution in [0.15, 0.2) is 84.9 Å². The topological polar surface area (TPSA) is 57.5 Å². The van der Waals surface area contributed by atoms with E-state index in [9.17, 15) is 15.0 Å². The number of carbonyl (C=O) groups is 1. The fraction of sp³-hybridized carbons (Fsp3) is 0.222. The van der Waals surface area contributed by atoms with E-state index < -0.39 is 24.0 Å². The molecule has 0 aliphatic carbocycles. The first-order valence-electron chi connectivity index (χ1n) is 10.3. The highest BCUT2D eigenvalue weighted by molar-refractivity contribution is 5.86. The maximum Gasteiger partial charge on any atom is 0.144 e. The van der Waals surface area contributed by atoms with Gasteiger partial charge in [0.15, 0.2) is 0 Å². The van der Waals surface area contributed by atoms with Gasteiger partial charge >= 0.3 is 0 Å². The van der Waals surface area contributed by atoms with E-state index in [-0.39, 0.29) is 5.78 Å². The molecule has 0 aliphatic rings. The minimum Gasteiger partial charge on any atom is -0.388 e. The number of fused-ring (bicyclic) bond motifs is 2. The third-order valence-electron chi connectivity index (χ3n) is 6.07. The molecule has 4 atom stereocenters. The second kappa shape index (κ2) is 8.39. The molecule has 30 heavy (non-hydrogen) atoms. The van der Waals surface area contributed by atoms with Gasteiger partial charge in [0.2, 0.25) is 0 Å². The molecule has 0 heterocycles. The van der Waals surface area contributed by atoms with Gasteiger partial charge in [0.05, 0.1) is 12.2 Å². The van der Waals surface area contributed by atoms with Crippen LogP contribution in [-0.2, 0) is 4.79 Å². The summed E-state index contributed by atoms with van der Waals surface area (Å²) in [6.07, 6.45) is -1.85. The van der Waals surface area contributed by atoms with Crippen molar-refractivity contribution in [3.05, 3.63) is 96.1 Å². The quantitative estimate of drug-likeness (QED) is 0.444. The van der Waals surface area contributed by atoms with Gasteiger partial charge in [0, 0.05) is 11.8 Å². The number of Topliss-reactive ketones (excluding diaryl/α,β-unsaturated/α-hetero) is 1. The van der Waals surface area contributed by atoms with E-state index in [1.807, 2.05) is 84.9 Å². The van der Waals surface area contributed by atoms with Gasteiger partial charge in [-0.3, -0.25) is 4.79 Å². The first-order valence-corrected chi connectivity index (χ1v) is 10.3. The zero-order valence-electron chi connectivity index (χ0n) is 17.2. The van der Waals surface area contributed by atoms with Gasteiger partial charge in [-0.1, -0.05) is 86.6 Å². The van der Waals surface area contributed by atoms with Crippen LogP contribution in [0.2, 0.25) is 0 Å². The Morgan fingerprint density at radius 2 is 0.967 bits per heavy atom. The van der Waals surface area contributed by atoms with Crippen LogP contribution in [0.1, 0.15) is 37.2 Å². The van der Waals surface area contributed by atoms with Gasteiger partial charge in [0.1, 0.15) is 5.78 Å². The summed E-state index contributed by atoms with van der Waals surface area (Å²) in [7, 11) is 0. The van der Waals surface area contributed by atoms with E-state index in [0.29, 0.717) is 11.1 Å². The Hall–Kier alpha value is -3.01. The molecule has 0 unspecified atom stereocenters. The molecule has 0 radical (unpaired) electrons. The van der Waals surface area contributed by atoms with Crippen LogP contribution in [0.4, 0.5) is 0 Å². The SMILES string of the molecule is C[C@@H](C(=O)[C@H](C)[C@@H](O)c1ccc2ccccc2c1)[C@@H](O)c1ccc2ccccc2c1. The molecular weight excluding hydrogens is 372 g/mol. The van der Waals surface area contributed by atoms with Gasteiger partial charge in [-0.15, -0.1) is 0 Å². The molecule has 0 saturated heterocycles. The Kier molecular flexibility index (Phi) is 5.67. The molecule has 3 heteroatoms. The summed E-state index contributed by atoms with van der Waals surface area (Å²) < 4.78 is 0. The lowest BCUT2D eigenvalue weighted by molar-refractivity contribution is -0.132. The Balaban J connectivity index is 1.53. The Morgan fingerprint density at radius 3 is 1.37 bits per heavy atom. The summed E-state index contributed by atoms with van der Waals surface area (Å²) in [5, 5.41) is 26.0. The third-order valence-corrected chi connectivity index (χ3v) is 6.07. The van der Waals surface area contributed by atoms with Crippen LogP contribution in [0.3, 0.4) is 0 Å². The average molecular weight is 399 g/mol. The van der Waals surface area contributed by atoms with Gasteiger partial charge in [0.25, 0.3) is 0 Å². The summed E-state index contributed by atoms with van der Waals surface area (Å²) in [4.78, 5) is 13.1. The fourth-order valence-corrected chi connectivity index (χ4v) is 4.09. The molecule has 4 aromatic carbocycles. The molecular formula is C27H26O3. The summed E-state index contributed by atoms with van der Waals surface area (Å²) in [5.74, 6) is -1.41. The van der Waals surface area contributed by atoms with E-state index in [1.54, 1.807) is 13.8 Å². The minimum atomic E-state index is -0.923. The third kappa shape index (κ3) is 3.87. The Labute approximate surface area is 176 Å². The molecule has 152 valence electrons. The van der Waals surface area contributed by atoms with Crippen molar-refractivity contribution >= 4 is 27.3 Å². The maximum absolute atomic E-state index is 13.1. The summed E-state index contributed by atoms with van der Waals surface area (Å²) >= 11 is 0. The van der Waals surface area contributed by atoms with Crippen molar-refractivity contribution in [2.24, 2.45) is 11.8 Å². The molecule has 3 nitrogen and oxygen atoms in total. The van der Waals surface area contributed by atoms with Crippen LogP contribution < -0.4 is 0 Å². The minimum absolute atomic E-state index is 0.156. The van der Waals surface area contributed by atoms with E-state index >= 15 is 0 Å². The molecule has 0 amide bonds. The number of carbonyl (C=O) groups excluding carboxylic acids is 1. The number of rotatable bonds is 6. The largest absolute Gasteiger partial charge is 0.388 e. The standard InChI is InChI=1S/C27H26O3/c1-17(26(29)23-13-11-19-7-3-5-9-21(19)15-23)25(28)18(2)27(30)24-14-12-20-8-4-6-10-22(20)16-24/h3-18,26-27,29-30H,1-2H3/t17-,18-,26+,27+/m0/s1. The number of aliphatic hydroxyl groups is 2. The number of hydrogen-bond acceptors (Lipinski definition) is 3. The summed E-state index contributed by atoms with van der Waals surface area (Å²) in [6.45, 7) is 3.46. The lowest BCUT2D eigenvalue weighted by atomic mass is 9.83. The van der Waals surface area contributed by atoms with E-state index in [1.165, 1.54) is 0 Å². The highest BCUT2D eigenvalue weighted by Crippen LogP contribution is 2.32. The molecule has 0 bridgehead atoms. The van der Waals surface area contributed by atoms with Crippen molar-refractivity contribution in [1.29, 1.82) is 0 Å². The lowest BCUT2D eigenvalue weighted by Gasteiger charge is -2.25. The molecule has 4 aromatic rings. The first-order chi connectivity index (χ1) is 14.5. The van der Waals surface area contributed by atoms with Crippen molar-refractivity contribution in [2.45, 2.75) is 26.1 Å². The average Bonchev–Trinajstić information content (AvgIpc) is 2.81. The zero-order chi connectivity index (χ0) is 21.3. The van der Waals surface area contributed by atoms with Crippen molar-refractivity contribution in [2.75, 3.05) is 0 Å². The van der Waals surface area contributed by atoms with Crippen molar-refractivity contribution < 1.29 is 15.0 Å². The second-order valence-corrected chi connectivity index (χ2v) is 8.08. The number of ketones is 1. The monoisotopic (exact) mass is 398 g/mol. The van der Waals surface area contributed by atoms with Crippen LogP contribution in [0.25, 0.3) is 21.5 Å². The summed E-state index contributed by atoms with van der Waals surface area (Å²) in [5.41, 5.74) is 1.42. The molecule has 0 spiro atoms. The number of benzene rings is 4. The number of aliphatic hydroxyl groups excluding tert-OH is 2. The van der Waals surface area contributed by atoms with E-state index in [4.69, 9.17) is 0 Å². The van der Waals surface area contributed by atoms with Crippen LogP contribution >= 0.6 is 0 Å². The summed E-state index contributed by atoms with van der Waals surface area (Å²) in [6, 6.07) is 27.4. The predicted octanol–water partition coefficient (Wildman–Crippen LogP) is 5.60. The molecule has 0 aliphatic heterocycles. The second-order valence-electron chi connectivity index (χ2n) is 8.08. The highest BCUT2D eigenvalue weighted by Gasteiger charge is 2.31. The maximum atomic E-state index is 13.1. The smallest absolute Gasteiger partial charge is 0.144 e. The van der Waals surface area contributed by atoms with Crippen LogP contribution in [-0.4, -0.2) is 16.0 Å². The van der Waals surface area contributed by atoms with Gasteiger partial charge in [-0.05, 0) is 44.8 Å². The van der Waals surface area contributed by atoms with Crippen molar-refractivity contribution in [1.82, 2.24) is 0 Å². The fourth-order valence-electron chi connectivity index (χ4n) is 4.09. The Morgan fingerprint density at radius 1 is 0.600 bits per heavy atom. The van der Waals surface area contributed by atoms with Crippen LogP contribution in [0, 0.1) is 11.8 Å². The van der Waals surface area contributed by atoms with E-state index in [0.717, 1.165) is 21.5 Å². The van der Waals surface area contributed by atoms with Gasteiger partial charge in [-0.25, -0.2) is 0 Å².